The largest absolute Gasteiger partial charge is 0.478 e. The SMILES string of the molecule is Cc1nc(Sc2ccc(C(=O)O)cn2)sc1C. The Kier molecular flexibility index (Phi) is 3.44. The van der Waals surface area contributed by atoms with Crippen LogP contribution in [-0.4, -0.2) is 21.0 Å². The molecule has 0 aliphatic carbocycles. The van der Waals surface area contributed by atoms with Gasteiger partial charge in [0.2, 0.25) is 0 Å². The predicted octanol–water partition coefficient (Wildman–Crippen LogP) is 3.00. The molecular weight excluding hydrogens is 256 g/mol. The van der Waals surface area contributed by atoms with E-state index in [1.54, 1.807) is 23.5 Å². The number of pyridine rings is 1. The molecule has 2 aromatic heterocycles. The third-order valence-corrected chi connectivity index (χ3v) is 4.27. The Bertz CT molecular complexity index is 530. The molecule has 0 saturated carbocycles. The zero-order chi connectivity index (χ0) is 12.4. The first-order chi connectivity index (χ1) is 8.06. The van der Waals surface area contributed by atoms with Crippen LogP contribution >= 0.6 is 23.1 Å². The van der Waals surface area contributed by atoms with Crippen LogP contribution in [0.25, 0.3) is 0 Å². The van der Waals surface area contributed by atoms with Crippen molar-refractivity contribution in [1.29, 1.82) is 0 Å². The molecule has 0 radical (unpaired) electrons. The van der Waals surface area contributed by atoms with E-state index in [1.165, 1.54) is 22.8 Å². The van der Waals surface area contributed by atoms with Crippen LogP contribution in [0.2, 0.25) is 0 Å². The lowest BCUT2D eigenvalue weighted by atomic mass is 10.3. The summed E-state index contributed by atoms with van der Waals surface area (Å²) in [6.07, 6.45) is 1.36. The summed E-state index contributed by atoms with van der Waals surface area (Å²) in [6, 6.07) is 3.24. The van der Waals surface area contributed by atoms with Crippen molar-refractivity contribution in [2.45, 2.75) is 23.2 Å². The van der Waals surface area contributed by atoms with Crippen molar-refractivity contribution in [3.8, 4) is 0 Å². The standard InChI is InChI=1S/C11H10N2O2S2/c1-6-7(2)16-11(13-6)17-9-4-3-8(5-12-9)10(14)15/h3-5H,1-2H3,(H,14,15). The summed E-state index contributed by atoms with van der Waals surface area (Å²) in [6.45, 7) is 3.99. The van der Waals surface area contributed by atoms with Gasteiger partial charge in [-0.1, -0.05) is 0 Å². The van der Waals surface area contributed by atoms with Gasteiger partial charge in [0.1, 0.15) is 5.03 Å². The minimum atomic E-state index is -0.963. The Labute approximate surface area is 107 Å². The zero-order valence-corrected chi connectivity index (χ0v) is 10.9. The lowest BCUT2D eigenvalue weighted by Gasteiger charge is -1.97. The van der Waals surface area contributed by atoms with Crippen molar-refractivity contribution in [3.05, 3.63) is 34.5 Å². The quantitative estimate of drug-likeness (QED) is 0.925. The summed E-state index contributed by atoms with van der Waals surface area (Å²) in [5, 5.41) is 9.50. The molecule has 2 heterocycles. The van der Waals surface area contributed by atoms with Crippen LogP contribution in [0.1, 0.15) is 20.9 Å². The van der Waals surface area contributed by atoms with Gasteiger partial charge in [0, 0.05) is 11.1 Å². The number of aryl methyl sites for hydroxylation is 2. The maximum absolute atomic E-state index is 10.7. The number of thiazole rings is 1. The summed E-state index contributed by atoms with van der Waals surface area (Å²) in [5.41, 5.74) is 1.22. The molecule has 88 valence electrons. The normalized spacial score (nSPS) is 10.5. The van der Waals surface area contributed by atoms with E-state index in [1.807, 2.05) is 13.8 Å². The van der Waals surface area contributed by atoms with Gasteiger partial charge in [-0.3, -0.25) is 0 Å². The molecular formula is C11H10N2O2S2. The van der Waals surface area contributed by atoms with E-state index in [2.05, 4.69) is 9.97 Å². The van der Waals surface area contributed by atoms with Crippen LogP contribution in [0, 0.1) is 13.8 Å². The maximum Gasteiger partial charge on any atom is 0.337 e. The molecule has 0 bridgehead atoms. The molecule has 17 heavy (non-hydrogen) atoms. The van der Waals surface area contributed by atoms with Gasteiger partial charge in [-0.2, -0.15) is 0 Å². The molecule has 2 rings (SSSR count). The van der Waals surface area contributed by atoms with Gasteiger partial charge in [0.05, 0.1) is 11.3 Å². The minimum Gasteiger partial charge on any atom is -0.478 e. The third kappa shape index (κ3) is 2.83. The molecule has 2 aromatic rings. The maximum atomic E-state index is 10.7. The Morgan fingerprint density at radius 1 is 1.41 bits per heavy atom. The number of hydrogen-bond donors (Lipinski definition) is 1. The van der Waals surface area contributed by atoms with Gasteiger partial charge < -0.3 is 5.11 Å². The van der Waals surface area contributed by atoms with Crippen molar-refractivity contribution in [2.24, 2.45) is 0 Å². The highest BCUT2D eigenvalue weighted by Crippen LogP contribution is 2.31. The molecule has 1 N–H and O–H groups in total. The smallest absolute Gasteiger partial charge is 0.337 e. The lowest BCUT2D eigenvalue weighted by Crippen LogP contribution is -1.96. The van der Waals surface area contributed by atoms with Gasteiger partial charge in [-0.25, -0.2) is 14.8 Å². The fourth-order valence-electron chi connectivity index (χ4n) is 1.14. The fraction of sp³-hybridized carbons (Fsp3) is 0.182. The first-order valence-electron chi connectivity index (χ1n) is 4.87. The third-order valence-electron chi connectivity index (χ3n) is 2.18. The highest BCUT2D eigenvalue weighted by atomic mass is 32.2. The van der Waals surface area contributed by atoms with Crippen LogP contribution in [0.4, 0.5) is 0 Å². The van der Waals surface area contributed by atoms with Gasteiger partial charge >= 0.3 is 5.97 Å². The van der Waals surface area contributed by atoms with Crippen LogP contribution in [0.5, 0.6) is 0 Å². The molecule has 0 spiro atoms. The number of hydrogen-bond acceptors (Lipinski definition) is 5. The van der Waals surface area contributed by atoms with Crippen LogP contribution in [0.3, 0.4) is 0 Å². The van der Waals surface area contributed by atoms with Crippen molar-refractivity contribution < 1.29 is 9.90 Å². The van der Waals surface area contributed by atoms with Crippen molar-refractivity contribution in [1.82, 2.24) is 9.97 Å². The van der Waals surface area contributed by atoms with Crippen LogP contribution in [0.15, 0.2) is 27.7 Å². The molecule has 0 aliphatic heterocycles. The summed E-state index contributed by atoms with van der Waals surface area (Å²) >= 11 is 3.06. The van der Waals surface area contributed by atoms with Gasteiger partial charge in [-0.05, 0) is 37.7 Å². The molecule has 0 aromatic carbocycles. The predicted molar refractivity (Wildman–Crippen MR) is 66.9 cm³/mol. The molecule has 0 amide bonds. The number of aromatic carboxylic acids is 1. The van der Waals surface area contributed by atoms with E-state index in [9.17, 15) is 4.79 Å². The van der Waals surface area contributed by atoms with Crippen LogP contribution < -0.4 is 0 Å². The topological polar surface area (TPSA) is 63.1 Å². The Balaban J connectivity index is 2.16. The average Bonchev–Trinajstić information content (AvgIpc) is 2.58. The van der Waals surface area contributed by atoms with E-state index in [0.29, 0.717) is 0 Å². The molecule has 4 nitrogen and oxygen atoms in total. The number of rotatable bonds is 3. The number of carboxylic acids is 1. The van der Waals surface area contributed by atoms with Crippen molar-refractivity contribution in [3.63, 3.8) is 0 Å². The first kappa shape index (κ1) is 12.1. The lowest BCUT2D eigenvalue weighted by molar-refractivity contribution is 0.0696. The minimum absolute atomic E-state index is 0.195. The average molecular weight is 266 g/mol. The highest BCUT2D eigenvalue weighted by molar-refractivity contribution is 8.01. The summed E-state index contributed by atoms with van der Waals surface area (Å²) in [4.78, 5) is 20.3. The van der Waals surface area contributed by atoms with E-state index < -0.39 is 5.97 Å². The molecule has 0 unspecified atom stereocenters. The Morgan fingerprint density at radius 3 is 2.65 bits per heavy atom. The second-order valence-electron chi connectivity index (χ2n) is 3.41. The van der Waals surface area contributed by atoms with E-state index in [4.69, 9.17) is 5.11 Å². The summed E-state index contributed by atoms with van der Waals surface area (Å²) in [7, 11) is 0. The van der Waals surface area contributed by atoms with Gasteiger partial charge in [0.25, 0.3) is 0 Å². The molecule has 0 atom stereocenters. The number of carbonyl (C=O) groups is 1. The van der Waals surface area contributed by atoms with Gasteiger partial charge in [-0.15, -0.1) is 11.3 Å². The first-order valence-corrected chi connectivity index (χ1v) is 6.51. The monoisotopic (exact) mass is 266 g/mol. The second kappa shape index (κ2) is 4.85. The molecule has 6 heteroatoms. The number of carboxylic acid groups (broad SMARTS) is 1. The summed E-state index contributed by atoms with van der Waals surface area (Å²) < 4.78 is 0.926. The Morgan fingerprint density at radius 2 is 2.18 bits per heavy atom. The molecule has 0 fully saturated rings. The zero-order valence-electron chi connectivity index (χ0n) is 9.30. The molecule has 0 aliphatic rings. The highest BCUT2D eigenvalue weighted by Gasteiger charge is 2.08. The number of nitrogens with zero attached hydrogens (tertiary/aromatic N) is 2. The van der Waals surface area contributed by atoms with E-state index in [0.717, 1.165) is 15.1 Å². The van der Waals surface area contributed by atoms with Gasteiger partial charge in [0.15, 0.2) is 4.34 Å². The van der Waals surface area contributed by atoms with E-state index in [-0.39, 0.29) is 5.56 Å². The summed E-state index contributed by atoms with van der Waals surface area (Å²) in [5.74, 6) is -0.963. The fourth-order valence-corrected chi connectivity index (χ4v) is 3.18. The number of aromatic nitrogens is 2. The van der Waals surface area contributed by atoms with Crippen LogP contribution in [-0.2, 0) is 0 Å². The second-order valence-corrected chi connectivity index (χ2v) is 5.88. The molecule has 0 saturated heterocycles. The van der Waals surface area contributed by atoms with E-state index >= 15 is 0 Å². The van der Waals surface area contributed by atoms with Crippen molar-refractivity contribution >= 4 is 29.1 Å². The van der Waals surface area contributed by atoms with Crippen molar-refractivity contribution in [2.75, 3.05) is 0 Å². The Hall–Kier alpha value is -1.40.